The molecule has 0 saturated heterocycles. The van der Waals surface area contributed by atoms with E-state index in [4.69, 9.17) is 0 Å². The molecule has 0 aliphatic heterocycles. The van der Waals surface area contributed by atoms with E-state index in [1.165, 1.54) is 3.97 Å². The van der Waals surface area contributed by atoms with Gasteiger partial charge in [0.05, 0.1) is 10.4 Å². The zero-order chi connectivity index (χ0) is 15.2. The molecule has 0 saturated carbocycles. The lowest BCUT2D eigenvalue weighted by Gasteiger charge is -2.10. The van der Waals surface area contributed by atoms with Crippen molar-refractivity contribution in [1.82, 2.24) is 3.97 Å². The van der Waals surface area contributed by atoms with Crippen LogP contribution in [0.1, 0.15) is 11.3 Å². The summed E-state index contributed by atoms with van der Waals surface area (Å²) in [6.07, 6.45) is 0. The van der Waals surface area contributed by atoms with Gasteiger partial charge in [-0.25, -0.2) is 12.4 Å². The van der Waals surface area contributed by atoms with Crippen molar-refractivity contribution in [2.75, 3.05) is 0 Å². The Morgan fingerprint density at radius 3 is 2.33 bits per heavy atom. The van der Waals surface area contributed by atoms with Gasteiger partial charge in [0, 0.05) is 16.0 Å². The molecule has 0 radical (unpaired) electrons. The summed E-state index contributed by atoms with van der Waals surface area (Å²) < 4.78 is 27.2. The second-order valence-corrected chi connectivity index (χ2v) is 7.27. The molecule has 1 aromatic heterocycles. The van der Waals surface area contributed by atoms with Crippen molar-refractivity contribution < 1.29 is 8.42 Å². The molecule has 3 rings (SSSR count). The zero-order valence-corrected chi connectivity index (χ0v) is 13.4. The van der Waals surface area contributed by atoms with Crippen molar-refractivity contribution in [3.8, 4) is 0 Å². The zero-order valence-electron chi connectivity index (χ0n) is 11.7. The van der Waals surface area contributed by atoms with Gasteiger partial charge in [-0.15, -0.1) is 12.6 Å². The molecule has 0 unspecified atom stereocenters. The maximum absolute atomic E-state index is 12.9. The van der Waals surface area contributed by atoms with Gasteiger partial charge >= 0.3 is 0 Å². The molecule has 0 bridgehead atoms. The minimum absolute atomic E-state index is 0.277. The molecule has 0 N–H and O–H groups in total. The van der Waals surface area contributed by atoms with Crippen LogP contribution in [-0.2, 0) is 10.0 Å². The summed E-state index contributed by atoms with van der Waals surface area (Å²) in [4.78, 5) is 0.979. The van der Waals surface area contributed by atoms with E-state index in [2.05, 4.69) is 12.6 Å². The Morgan fingerprint density at radius 1 is 1.00 bits per heavy atom. The molecule has 0 aliphatic rings. The lowest BCUT2D eigenvalue weighted by atomic mass is 10.2. The highest BCUT2D eigenvalue weighted by Gasteiger charge is 2.23. The Balaban J connectivity index is 2.39. The van der Waals surface area contributed by atoms with E-state index in [1.807, 2.05) is 25.1 Å². The maximum Gasteiger partial charge on any atom is 0.268 e. The normalized spacial score (nSPS) is 12.0. The molecular formula is C16H15NO2S2. The summed E-state index contributed by atoms with van der Waals surface area (Å²) >= 11 is 4.49. The third-order valence-electron chi connectivity index (χ3n) is 3.55. The van der Waals surface area contributed by atoms with Crippen molar-refractivity contribution >= 4 is 33.6 Å². The fourth-order valence-corrected chi connectivity index (χ4v) is 4.42. The summed E-state index contributed by atoms with van der Waals surface area (Å²) in [6.45, 7) is 3.75. The van der Waals surface area contributed by atoms with E-state index in [0.29, 0.717) is 16.1 Å². The number of aromatic nitrogens is 1. The van der Waals surface area contributed by atoms with Crippen LogP contribution in [0.3, 0.4) is 0 Å². The lowest BCUT2D eigenvalue weighted by molar-refractivity contribution is 0.587. The number of fused-ring (bicyclic) bond motifs is 1. The predicted molar refractivity (Wildman–Crippen MR) is 87.7 cm³/mol. The van der Waals surface area contributed by atoms with Gasteiger partial charge in [-0.3, -0.25) is 0 Å². The van der Waals surface area contributed by atoms with E-state index in [1.54, 1.807) is 37.3 Å². The third kappa shape index (κ3) is 2.17. The highest BCUT2D eigenvalue weighted by atomic mass is 32.2. The molecule has 21 heavy (non-hydrogen) atoms. The Bertz CT molecular complexity index is 926. The summed E-state index contributed by atoms with van der Waals surface area (Å²) in [6, 6.07) is 14.2. The van der Waals surface area contributed by atoms with Crippen molar-refractivity contribution in [2.45, 2.75) is 23.6 Å². The number of nitrogens with zero attached hydrogens (tertiary/aromatic N) is 1. The monoisotopic (exact) mass is 317 g/mol. The predicted octanol–water partition coefficient (Wildman–Crippen LogP) is 3.78. The van der Waals surface area contributed by atoms with E-state index in [9.17, 15) is 8.42 Å². The molecule has 0 atom stereocenters. The first-order chi connectivity index (χ1) is 9.93. The van der Waals surface area contributed by atoms with Crippen molar-refractivity contribution in [3.05, 3.63) is 59.8 Å². The number of hydrogen-bond donors (Lipinski definition) is 1. The van der Waals surface area contributed by atoms with Gasteiger partial charge in [0.15, 0.2) is 0 Å². The topological polar surface area (TPSA) is 39.1 Å². The standard InChI is InChI=1S/C16H15NO2S2/c1-11-8-9-15-14(10-11)16(20)12(2)17(15)21(18,19)13-6-4-3-5-7-13/h3-10,20H,1-2H3. The SMILES string of the molecule is Cc1ccc2c(c1)c(S)c(C)n2S(=O)(=O)c1ccccc1. The fraction of sp³-hybridized carbons (Fsp3) is 0.125. The van der Waals surface area contributed by atoms with E-state index in [-0.39, 0.29) is 4.90 Å². The van der Waals surface area contributed by atoms with Crippen LogP contribution >= 0.6 is 12.6 Å². The average molecular weight is 317 g/mol. The minimum atomic E-state index is -3.62. The smallest absolute Gasteiger partial charge is 0.237 e. The van der Waals surface area contributed by atoms with Crippen LogP contribution < -0.4 is 0 Å². The van der Waals surface area contributed by atoms with Crippen molar-refractivity contribution in [2.24, 2.45) is 0 Å². The quantitative estimate of drug-likeness (QED) is 0.731. The van der Waals surface area contributed by atoms with E-state index in [0.717, 1.165) is 10.9 Å². The largest absolute Gasteiger partial charge is 0.268 e. The Morgan fingerprint density at radius 2 is 1.67 bits per heavy atom. The van der Waals surface area contributed by atoms with Gasteiger partial charge in [0.1, 0.15) is 0 Å². The first kappa shape index (κ1) is 14.2. The molecule has 0 aliphatic carbocycles. The average Bonchev–Trinajstić information content (AvgIpc) is 2.72. The van der Waals surface area contributed by atoms with Crippen LogP contribution in [0.15, 0.2) is 58.3 Å². The molecule has 108 valence electrons. The number of rotatable bonds is 2. The Kier molecular flexibility index (Phi) is 3.34. The van der Waals surface area contributed by atoms with Crippen LogP contribution in [-0.4, -0.2) is 12.4 Å². The van der Waals surface area contributed by atoms with E-state index < -0.39 is 10.0 Å². The first-order valence-corrected chi connectivity index (χ1v) is 8.43. The van der Waals surface area contributed by atoms with Crippen LogP contribution in [0, 0.1) is 13.8 Å². The molecule has 5 heteroatoms. The first-order valence-electron chi connectivity index (χ1n) is 6.54. The van der Waals surface area contributed by atoms with Gasteiger partial charge < -0.3 is 0 Å². The summed E-state index contributed by atoms with van der Waals surface area (Å²) in [7, 11) is -3.62. The van der Waals surface area contributed by atoms with Gasteiger partial charge in [0.25, 0.3) is 10.0 Å². The summed E-state index contributed by atoms with van der Waals surface area (Å²) in [5.41, 5.74) is 2.36. The molecule has 3 nitrogen and oxygen atoms in total. The number of aryl methyl sites for hydroxylation is 1. The maximum atomic E-state index is 12.9. The molecule has 0 fully saturated rings. The molecular weight excluding hydrogens is 302 g/mol. The van der Waals surface area contributed by atoms with E-state index >= 15 is 0 Å². The number of thiol groups is 1. The molecule has 0 amide bonds. The highest BCUT2D eigenvalue weighted by molar-refractivity contribution is 7.90. The van der Waals surface area contributed by atoms with Gasteiger partial charge in [0.2, 0.25) is 0 Å². The highest BCUT2D eigenvalue weighted by Crippen LogP contribution is 2.32. The van der Waals surface area contributed by atoms with Crippen LogP contribution in [0.5, 0.6) is 0 Å². The molecule has 0 spiro atoms. The molecule has 1 heterocycles. The summed E-state index contributed by atoms with van der Waals surface area (Å²) in [5, 5.41) is 0.857. The third-order valence-corrected chi connectivity index (χ3v) is 5.94. The second kappa shape index (κ2) is 4.93. The number of hydrogen-bond acceptors (Lipinski definition) is 3. The van der Waals surface area contributed by atoms with Gasteiger partial charge in [-0.05, 0) is 38.1 Å². The van der Waals surface area contributed by atoms with Gasteiger partial charge in [-0.1, -0.05) is 29.8 Å². The Labute approximate surface area is 129 Å². The van der Waals surface area contributed by atoms with Crippen molar-refractivity contribution in [3.63, 3.8) is 0 Å². The molecule has 3 aromatic rings. The lowest BCUT2D eigenvalue weighted by Crippen LogP contribution is -2.14. The summed E-state index contributed by atoms with van der Waals surface area (Å²) in [5.74, 6) is 0. The second-order valence-electron chi connectivity index (χ2n) is 5.04. The van der Waals surface area contributed by atoms with Crippen LogP contribution in [0.25, 0.3) is 10.9 Å². The Hall–Kier alpha value is -1.72. The fourth-order valence-electron chi connectivity index (χ4n) is 2.50. The van der Waals surface area contributed by atoms with Gasteiger partial charge in [-0.2, -0.15) is 0 Å². The molecule has 2 aromatic carbocycles. The minimum Gasteiger partial charge on any atom is -0.237 e. The van der Waals surface area contributed by atoms with Crippen molar-refractivity contribution in [1.29, 1.82) is 0 Å². The number of benzene rings is 2. The van der Waals surface area contributed by atoms with Crippen LogP contribution in [0.4, 0.5) is 0 Å². The van der Waals surface area contributed by atoms with Crippen LogP contribution in [0.2, 0.25) is 0 Å².